The van der Waals surface area contributed by atoms with Gasteiger partial charge in [-0.3, -0.25) is 0 Å². The lowest BCUT2D eigenvalue weighted by Crippen LogP contribution is -1.87. The van der Waals surface area contributed by atoms with Crippen molar-refractivity contribution in [3.05, 3.63) is 42.0 Å². The number of aryl methyl sites for hydroxylation is 1. The predicted molar refractivity (Wildman–Crippen MR) is 78.2 cm³/mol. The average Bonchev–Trinajstić information content (AvgIpc) is 2.38. The number of hydrogen-bond donors (Lipinski definition) is 0. The summed E-state index contributed by atoms with van der Waals surface area (Å²) in [5.74, 6) is 0. The quantitative estimate of drug-likeness (QED) is 0.483. The first-order chi connectivity index (χ1) is 8.36. The monoisotopic (exact) mass is 230 g/mol. The van der Waals surface area contributed by atoms with Crippen LogP contribution in [0.15, 0.2) is 30.8 Å². The van der Waals surface area contributed by atoms with Gasteiger partial charge < -0.3 is 0 Å². The topological polar surface area (TPSA) is 0 Å². The molecule has 0 unspecified atom stereocenters. The first kappa shape index (κ1) is 14.0. The molecule has 0 amide bonds. The van der Waals surface area contributed by atoms with Crippen LogP contribution in [0.4, 0.5) is 0 Å². The van der Waals surface area contributed by atoms with Crippen molar-refractivity contribution in [3.63, 3.8) is 0 Å². The summed E-state index contributed by atoms with van der Waals surface area (Å²) in [6.07, 6.45) is 12.8. The van der Waals surface area contributed by atoms with Crippen molar-refractivity contribution >= 4 is 6.08 Å². The fourth-order valence-corrected chi connectivity index (χ4v) is 2.16. The number of rotatable bonds is 9. The van der Waals surface area contributed by atoms with E-state index in [0.29, 0.717) is 0 Å². The third kappa shape index (κ3) is 6.31. The van der Waals surface area contributed by atoms with E-state index >= 15 is 0 Å². The molecule has 0 nitrogen and oxygen atoms in total. The van der Waals surface area contributed by atoms with Crippen LogP contribution in [0, 0.1) is 0 Å². The molecule has 1 aromatic rings. The van der Waals surface area contributed by atoms with Crippen LogP contribution in [-0.4, -0.2) is 0 Å². The van der Waals surface area contributed by atoms with Crippen LogP contribution in [0.25, 0.3) is 6.08 Å². The van der Waals surface area contributed by atoms with E-state index in [1.165, 1.54) is 62.5 Å². The minimum Gasteiger partial charge on any atom is -0.0985 e. The molecule has 0 aliphatic rings. The van der Waals surface area contributed by atoms with E-state index in [9.17, 15) is 0 Å². The van der Waals surface area contributed by atoms with Gasteiger partial charge in [0.1, 0.15) is 0 Å². The number of unbranched alkanes of at least 4 members (excludes halogenated alkanes) is 6. The second kappa shape index (κ2) is 9.04. The number of hydrogen-bond acceptors (Lipinski definition) is 0. The normalized spacial score (nSPS) is 10.4. The van der Waals surface area contributed by atoms with Crippen LogP contribution >= 0.6 is 0 Å². The van der Waals surface area contributed by atoms with Gasteiger partial charge in [0, 0.05) is 0 Å². The standard InChI is InChI=1S/C17H26/c1-3-5-6-7-8-9-10-12-17-14-11-13-16(4-2)15-17/h4,11,13-15H,2-3,5-10,12H2,1H3. The molecule has 0 aliphatic carbocycles. The summed E-state index contributed by atoms with van der Waals surface area (Å²) in [6, 6.07) is 8.73. The van der Waals surface area contributed by atoms with Crippen LogP contribution in [0.3, 0.4) is 0 Å². The van der Waals surface area contributed by atoms with E-state index in [-0.39, 0.29) is 0 Å². The highest BCUT2D eigenvalue weighted by Crippen LogP contribution is 2.12. The predicted octanol–water partition coefficient (Wildman–Crippen LogP) is 5.62. The van der Waals surface area contributed by atoms with Crippen LogP contribution < -0.4 is 0 Å². The van der Waals surface area contributed by atoms with Crippen molar-refractivity contribution < 1.29 is 0 Å². The first-order valence-electron chi connectivity index (χ1n) is 7.08. The number of benzene rings is 1. The maximum absolute atomic E-state index is 3.81. The lowest BCUT2D eigenvalue weighted by atomic mass is 10.0. The molecule has 0 saturated carbocycles. The third-order valence-electron chi connectivity index (χ3n) is 3.26. The SMILES string of the molecule is C=Cc1cccc(CCCCCCCCC)c1. The second-order valence-electron chi connectivity index (χ2n) is 4.82. The maximum Gasteiger partial charge on any atom is -0.0260 e. The van der Waals surface area contributed by atoms with E-state index in [2.05, 4.69) is 37.8 Å². The van der Waals surface area contributed by atoms with Crippen LogP contribution in [0.1, 0.15) is 63.0 Å². The zero-order valence-corrected chi connectivity index (χ0v) is 11.3. The van der Waals surface area contributed by atoms with Crippen molar-refractivity contribution in [2.45, 2.75) is 58.3 Å². The van der Waals surface area contributed by atoms with Gasteiger partial charge in [0.25, 0.3) is 0 Å². The van der Waals surface area contributed by atoms with Crippen LogP contribution in [0.5, 0.6) is 0 Å². The van der Waals surface area contributed by atoms with E-state index in [1.54, 1.807) is 0 Å². The summed E-state index contributed by atoms with van der Waals surface area (Å²) in [4.78, 5) is 0. The summed E-state index contributed by atoms with van der Waals surface area (Å²) in [5.41, 5.74) is 2.70. The lowest BCUT2D eigenvalue weighted by molar-refractivity contribution is 0.589. The fourth-order valence-electron chi connectivity index (χ4n) is 2.16. The highest BCUT2D eigenvalue weighted by Gasteiger charge is 1.95. The molecule has 0 radical (unpaired) electrons. The summed E-state index contributed by atoms with van der Waals surface area (Å²) < 4.78 is 0. The van der Waals surface area contributed by atoms with E-state index in [1.807, 2.05) is 6.08 Å². The molecule has 0 saturated heterocycles. The third-order valence-corrected chi connectivity index (χ3v) is 3.26. The van der Waals surface area contributed by atoms with E-state index in [4.69, 9.17) is 0 Å². The van der Waals surface area contributed by atoms with E-state index in [0.717, 1.165) is 0 Å². The van der Waals surface area contributed by atoms with Crippen molar-refractivity contribution in [3.8, 4) is 0 Å². The molecule has 0 aromatic heterocycles. The van der Waals surface area contributed by atoms with E-state index < -0.39 is 0 Å². The van der Waals surface area contributed by atoms with Gasteiger partial charge in [0.05, 0.1) is 0 Å². The Hall–Kier alpha value is -1.04. The molecular weight excluding hydrogens is 204 g/mol. The van der Waals surface area contributed by atoms with Gasteiger partial charge in [0.2, 0.25) is 0 Å². The van der Waals surface area contributed by atoms with Crippen molar-refractivity contribution in [2.75, 3.05) is 0 Å². The van der Waals surface area contributed by atoms with Crippen molar-refractivity contribution in [1.29, 1.82) is 0 Å². The average molecular weight is 230 g/mol. The zero-order chi connectivity index (χ0) is 12.3. The Morgan fingerprint density at radius 3 is 2.41 bits per heavy atom. The van der Waals surface area contributed by atoms with Crippen molar-refractivity contribution in [2.24, 2.45) is 0 Å². The molecule has 17 heavy (non-hydrogen) atoms. The van der Waals surface area contributed by atoms with Gasteiger partial charge in [-0.2, -0.15) is 0 Å². The molecule has 0 heterocycles. The molecule has 0 fully saturated rings. The molecule has 0 spiro atoms. The minimum atomic E-state index is 1.22. The summed E-state index contributed by atoms with van der Waals surface area (Å²) >= 11 is 0. The van der Waals surface area contributed by atoms with Gasteiger partial charge in [-0.1, -0.05) is 82.4 Å². The smallest absolute Gasteiger partial charge is 0.0260 e. The van der Waals surface area contributed by atoms with Crippen LogP contribution in [0.2, 0.25) is 0 Å². The molecule has 94 valence electrons. The summed E-state index contributed by atoms with van der Waals surface area (Å²) in [6.45, 7) is 6.08. The molecular formula is C17H26. The van der Waals surface area contributed by atoms with Gasteiger partial charge in [0.15, 0.2) is 0 Å². The van der Waals surface area contributed by atoms with Gasteiger partial charge in [-0.05, 0) is 24.0 Å². The lowest BCUT2D eigenvalue weighted by Gasteiger charge is -2.03. The van der Waals surface area contributed by atoms with Crippen molar-refractivity contribution in [1.82, 2.24) is 0 Å². The molecule has 0 heteroatoms. The summed E-state index contributed by atoms with van der Waals surface area (Å²) in [5, 5.41) is 0. The largest absolute Gasteiger partial charge is 0.0985 e. The molecule has 0 atom stereocenters. The molecule has 1 rings (SSSR count). The molecule has 0 bridgehead atoms. The fraction of sp³-hybridized carbons (Fsp3) is 0.529. The Kier molecular flexibility index (Phi) is 7.46. The first-order valence-corrected chi connectivity index (χ1v) is 7.08. The van der Waals surface area contributed by atoms with Gasteiger partial charge in [-0.15, -0.1) is 0 Å². The Labute approximate surface area is 107 Å². The maximum atomic E-state index is 3.81. The Morgan fingerprint density at radius 1 is 1.00 bits per heavy atom. The molecule has 0 aliphatic heterocycles. The Morgan fingerprint density at radius 2 is 1.71 bits per heavy atom. The summed E-state index contributed by atoms with van der Waals surface area (Å²) in [7, 11) is 0. The highest BCUT2D eigenvalue weighted by atomic mass is 14.0. The van der Waals surface area contributed by atoms with Gasteiger partial charge >= 0.3 is 0 Å². The zero-order valence-electron chi connectivity index (χ0n) is 11.3. The van der Waals surface area contributed by atoms with Crippen LogP contribution in [-0.2, 0) is 6.42 Å². The Balaban J connectivity index is 2.11. The minimum absolute atomic E-state index is 1.22. The van der Waals surface area contributed by atoms with Gasteiger partial charge in [-0.25, -0.2) is 0 Å². The second-order valence-corrected chi connectivity index (χ2v) is 4.82. The molecule has 1 aromatic carbocycles. The Bertz CT molecular complexity index is 312. The highest BCUT2D eigenvalue weighted by molar-refractivity contribution is 5.47. The molecule has 0 N–H and O–H groups in total.